The lowest BCUT2D eigenvalue weighted by atomic mass is 9.86. The number of carbonyl (C=O) groups is 1. The molecule has 0 saturated heterocycles. The van der Waals surface area contributed by atoms with Gasteiger partial charge in [0.2, 0.25) is 5.91 Å². The lowest BCUT2D eigenvalue weighted by Gasteiger charge is -2.24. The highest BCUT2D eigenvalue weighted by atomic mass is 32.2. The Morgan fingerprint density at radius 1 is 1.19 bits per heavy atom. The lowest BCUT2D eigenvalue weighted by molar-refractivity contribution is -0.116. The highest BCUT2D eigenvalue weighted by Crippen LogP contribution is 2.35. The zero-order chi connectivity index (χ0) is 18.1. The van der Waals surface area contributed by atoms with Crippen molar-refractivity contribution in [1.82, 2.24) is 9.97 Å². The Morgan fingerprint density at radius 3 is 2.81 bits per heavy atom. The third kappa shape index (κ3) is 2.98. The van der Waals surface area contributed by atoms with Crippen molar-refractivity contribution in [2.75, 3.05) is 11.1 Å². The predicted octanol–water partition coefficient (Wildman–Crippen LogP) is 3.12. The van der Waals surface area contributed by atoms with Crippen molar-refractivity contribution in [1.29, 1.82) is 0 Å². The number of H-pyrrole nitrogens is 1. The third-order valence-corrected chi connectivity index (χ3v) is 5.18. The zero-order valence-electron chi connectivity index (χ0n) is 13.8. The first-order valence-corrected chi connectivity index (χ1v) is 9.13. The Balaban J connectivity index is 1.82. The van der Waals surface area contributed by atoms with Gasteiger partial charge in [-0.25, -0.2) is 4.98 Å². The van der Waals surface area contributed by atoms with Crippen LogP contribution in [0.4, 0.5) is 5.82 Å². The van der Waals surface area contributed by atoms with Gasteiger partial charge in [0.25, 0.3) is 5.56 Å². The van der Waals surface area contributed by atoms with E-state index in [0.29, 0.717) is 22.3 Å². The molecule has 1 aliphatic heterocycles. The van der Waals surface area contributed by atoms with E-state index >= 15 is 0 Å². The molecular formula is C20H15N3O2S. The summed E-state index contributed by atoms with van der Waals surface area (Å²) in [5, 5.41) is 5.32. The number of thioether (sulfide) groups is 1. The number of nitrogens with zero attached hydrogens (tertiary/aromatic N) is 1. The second-order valence-electron chi connectivity index (χ2n) is 6.04. The number of hydrogen-bond acceptors (Lipinski definition) is 4. The monoisotopic (exact) mass is 361 g/mol. The van der Waals surface area contributed by atoms with Crippen LogP contribution in [0.5, 0.6) is 0 Å². The van der Waals surface area contributed by atoms with E-state index < -0.39 is 0 Å². The highest BCUT2D eigenvalue weighted by molar-refractivity contribution is 7.99. The second kappa shape index (κ2) is 6.70. The number of terminal acetylenes is 1. The van der Waals surface area contributed by atoms with Crippen LogP contribution >= 0.6 is 11.8 Å². The molecule has 128 valence electrons. The summed E-state index contributed by atoms with van der Waals surface area (Å²) in [6.45, 7) is 0. The fourth-order valence-electron chi connectivity index (χ4n) is 3.24. The molecule has 4 rings (SSSR count). The molecule has 6 heteroatoms. The maximum Gasteiger partial charge on any atom is 0.257 e. The number of nitrogens with one attached hydrogen (secondary N) is 2. The Morgan fingerprint density at radius 2 is 2.00 bits per heavy atom. The fraction of sp³-hybridized carbons (Fsp3) is 0.150. The van der Waals surface area contributed by atoms with Crippen LogP contribution in [-0.4, -0.2) is 21.6 Å². The maximum absolute atomic E-state index is 12.7. The van der Waals surface area contributed by atoms with Crippen LogP contribution < -0.4 is 10.9 Å². The van der Waals surface area contributed by atoms with Gasteiger partial charge in [0.1, 0.15) is 5.82 Å². The number of fused-ring (bicyclic) bond motifs is 2. The Kier molecular flexibility index (Phi) is 4.23. The molecular weight excluding hydrogens is 346 g/mol. The number of hydrogen-bond donors (Lipinski definition) is 2. The number of anilines is 1. The van der Waals surface area contributed by atoms with Gasteiger partial charge in [-0.1, -0.05) is 60.1 Å². The van der Waals surface area contributed by atoms with Crippen LogP contribution in [0, 0.1) is 12.3 Å². The first-order chi connectivity index (χ1) is 12.7. The van der Waals surface area contributed by atoms with Gasteiger partial charge in [0, 0.05) is 12.3 Å². The van der Waals surface area contributed by atoms with Crippen LogP contribution in [0.3, 0.4) is 0 Å². The number of benzene rings is 2. The minimum absolute atomic E-state index is 0.151. The molecule has 0 radical (unpaired) electrons. The van der Waals surface area contributed by atoms with Crippen LogP contribution in [0.25, 0.3) is 10.8 Å². The fourth-order valence-corrected chi connectivity index (χ4v) is 3.78. The van der Waals surface area contributed by atoms with Gasteiger partial charge in [-0.05, 0) is 16.3 Å². The van der Waals surface area contributed by atoms with E-state index in [4.69, 9.17) is 6.42 Å². The van der Waals surface area contributed by atoms with E-state index in [-0.39, 0.29) is 23.8 Å². The van der Waals surface area contributed by atoms with E-state index in [2.05, 4.69) is 21.2 Å². The van der Waals surface area contributed by atoms with Crippen LogP contribution in [0.2, 0.25) is 0 Å². The molecule has 0 saturated carbocycles. The minimum Gasteiger partial charge on any atom is -0.310 e. The topological polar surface area (TPSA) is 74.8 Å². The Hall–Kier alpha value is -3.04. The Bertz CT molecular complexity index is 1110. The molecule has 1 aliphatic rings. The molecule has 0 bridgehead atoms. The number of carbonyl (C=O) groups excluding carboxylic acids is 1. The summed E-state index contributed by atoms with van der Waals surface area (Å²) in [6, 6.07) is 14.0. The van der Waals surface area contributed by atoms with E-state index in [0.717, 1.165) is 16.3 Å². The molecule has 0 fully saturated rings. The van der Waals surface area contributed by atoms with Crippen molar-refractivity contribution < 1.29 is 4.79 Å². The average molecular weight is 361 g/mol. The molecule has 5 nitrogen and oxygen atoms in total. The second-order valence-corrected chi connectivity index (χ2v) is 7.00. The molecule has 0 spiro atoms. The molecule has 1 aromatic heterocycles. The lowest BCUT2D eigenvalue weighted by Crippen LogP contribution is -2.31. The van der Waals surface area contributed by atoms with Crippen molar-refractivity contribution >= 4 is 34.3 Å². The summed E-state index contributed by atoms with van der Waals surface area (Å²) in [5.41, 5.74) is 1.17. The minimum atomic E-state index is -0.328. The first kappa shape index (κ1) is 16.4. The molecule has 26 heavy (non-hydrogen) atoms. The van der Waals surface area contributed by atoms with Crippen LogP contribution in [0.15, 0.2) is 52.4 Å². The smallest absolute Gasteiger partial charge is 0.257 e. The van der Waals surface area contributed by atoms with E-state index in [9.17, 15) is 9.59 Å². The number of rotatable bonds is 3. The standard InChI is InChI=1S/C20H15N3O2S/c1-2-9-26-20-22-18-17(19(25)23-20)15(11-16(24)21-18)14-8-7-12-5-3-4-6-13(12)10-14/h1,3-8,10,15H,9,11H2,(H2,21,22,23,24,25). The molecule has 0 aliphatic carbocycles. The van der Waals surface area contributed by atoms with Crippen molar-refractivity contribution in [2.24, 2.45) is 0 Å². The summed E-state index contributed by atoms with van der Waals surface area (Å²) in [5.74, 6) is 2.73. The van der Waals surface area contributed by atoms with Gasteiger partial charge < -0.3 is 10.3 Å². The summed E-state index contributed by atoms with van der Waals surface area (Å²) in [4.78, 5) is 32.0. The molecule has 1 unspecified atom stereocenters. The van der Waals surface area contributed by atoms with Gasteiger partial charge in [-0.2, -0.15) is 0 Å². The number of amides is 1. The van der Waals surface area contributed by atoms with Crippen molar-refractivity contribution in [3.63, 3.8) is 0 Å². The van der Waals surface area contributed by atoms with Crippen molar-refractivity contribution in [2.45, 2.75) is 17.5 Å². The number of aromatic amines is 1. The average Bonchev–Trinajstić information content (AvgIpc) is 2.65. The normalized spacial score (nSPS) is 16.0. The van der Waals surface area contributed by atoms with Crippen LogP contribution in [0.1, 0.15) is 23.5 Å². The van der Waals surface area contributed by atoms with Gasteiger partial charge in [-0.3, -0.25) is 9.59 Å². The molecule has 1 atom stereocenters. The van der Waals surface area contributed by atoms with E-state index in [1.807, 2.05) is 42.5 Å². The van der Waals surface area contributed by atoms with Gasteiger partial charge >= 0.3 is 0 Å². The summed E-state index contributed by atoms with van der Waals surface area (Å²) >= 11 is 1.25. The quantitative estimate of drug-likeness (QED) is 0.427. The van der Waals surface area contributed by atoms with Gasteiger partial charge in [0.05, 0.1) is 11.3 Å². The van der Waals surface area contributed by atoms with Crippen LogP contribution in [-0.2, 0) is 4.79 Å². The summed E-state index contributed by atoms with van der Waals surface area (Å²) in [6.07, 6.45) is 5.47. The van der Waals surface area contributed by atoms with E-state index in [1.54, 1.807) is 0 Å². The van der Waals surface area contributed by atoms with E-state index in [1.165, 1.54) is 11.8 Å². The zero-order valence-corrected chi connectivity index (χ0v) is 14.6. The van der Waals surface area contributed by atoms with Gasteiger partial charge in [0.15, 0.2) is 5.16 Å². The number of aromatic nitrogens is 2. The molecule has 2 aromatic carbocycles. The Labute approximate surface area is 154 Å². The summed E-state index contributed by atoms with van der Waals surface area (Å²) in [7, 11) is 0. The van der Waals surface area contributed by atoms with Gasteiger partial charge in [-0.15, -0.1) is 6.42 Å². The molecule has 2 heterocycles. The third-order valence-electron chi connectivity index (χ3n) is 4.40. The molecule has 1 amide bonds. The van der Waals surface area contributed by atoms with Crippen molar-refractivity contribution in [3.05, 3.63) is 63.9 Å². The summed E-state index contributed by atoms with van der Waals surface area (Å²) < 4.78 is 0. The first-order valence-electron chi connectivity index (χ1n) is 8.15. The maximum atomic E-state index is 12.7. The SMILES string of the molecule is C#CCSc1nc2c(c(=O)[nH]1)C(c1ccc3ccccc3c1)CC(=O)N2. The molecule has 2 N–H and O–H groups in total. The molecule has 3 aromatic rings. The predicted molar refractivity (Wildman–Crippen MR) is 103 cm³/mol. The van der Waals surface area contributed by atoms with Crippen molar-refractivity contribution in [3.8, 4) is 12.3 Å². The highest BCUT2D eigenvalue weighted by Gasteiger charge is 2.31. The largest absolute Gasteiger partial charge is 0.310 e.